The molecule has 27 heavy (non-hydrogen) atoms. The molecule has 5 heteroatoms. The van der Waals surface area contributed by atoms with Crippen LogP contribution in [0.25, 0.3) is 0 Å². The number of rotatable bonds is 5. The minimum absolute atomic E-state index is 0.00235. The molecule has 0 saturated heterocycles. The fourth-order valence-electron chi connectivity index (χ4n) is 4.81. The van der Waals surface area contributed by atoms with E-state index >= 15 is 0 Å². The molecule has 2 saturated carbocycles. The van der Waals surface area contributed by atoms with Gasteiger partial charge in [-0.3, -0.25) is 4.79 Å². The van der Waals surface area contributed by atoms with Crippen LogP contribution in [0.2, 0.25) is 0 Å². The molecule has 2 fully saturated rings. The summed E-state index contributed by atoms with van der Waals surface area (Å²) in [6.45, 7) is 11.2. The Balaban J connectivity index is 1.49. The van der Waals surface area contributed by atoms with Crippen LogP contribution < -0.4 is 16.0 Å². The molecule has 2 aliphatic rings. The molecule has 1 aromatic carbocycles. The molecule has 2 bridgehead atoms. The van der Waals surface area contributed by atoms with E-state index in [1.54, 1.807) is 0 Å². The van der Waals surface area contributed by atoms with Gasteiger partial charge in [0, 0.05) is 24.2 Å². The Morgan fingerprint density at radius 3 is 2.33 bits per heavy atom. The Morgan fingerprint density at radius 2 is 1.81 bits per heavy atom. The monoisotopic (exact) mass is 371 g/mol. The van der Waals surface area contributed by atoms with Crippen LogP contribution in [0.15, 0.2) is 24.3 Å². The maximum Gasteiger partial charge on any atom is 0.315 e. The fraction of sp³-hybridized carbons (Fsp3) is 0.636. The summed E-state index contributed by atoms with van der Waals surface area (Å²) in [5.74, 6) is 0.664. The van der Waals surface area contributed by atoms with Crippen molar-refractivity contribution < 1.29 is 9.59 Å². The zero-order chi connectivity index (χ0) is 19.8. The lowest BCUT2D eigenvalue weighted by Crippen LogP contribution is -2.49. The summed E-state index contributed by atoms with van der Waals surface area (Å²) in [6, 6.07) is 7.75. The van der Waals surface area contributed by atoms with Crippen LogP contribution in [0, 0.1) is 22.7 Å². The van der Waals surface area contributed by atoms with E-state index in [1.165, 1.54) is 12.8 Å². The molecular weight excluding hydrogens is 338 g/mol. The van der Waals surface area contributed by atoms with E-state index in [0.717, 1.165) is 17.7 Å². The molecule has 0 aromatic heterocycles. The Kier molecular flexibility index (Phi) is 5.24. The summed E-state index contributed by atoms with van der Waals surface area (Å²) in [6.07, 6.45) is 3.56. The molecule has 0 radical (unpaired) electrons. The van der Waals surface area contributed by atoms with Crippen molar-refractivity contribution >= 4 is 17.6 Å². The van der Waals surface area contributed by atoms with Gasteiger partial charge in [-0.2, -0.15) is 0 Å². The first-order valence-corrected chi connectivity index (χ1v) is 10.1. The average molecular weight is 372 g/mol. The molecular formula is C22H33N3O2. The second kappa shape index (κ2) is 7.17. The SMILES string of the molecule is CC(C)C(=O)Nc1ccc(CNC(=O)NC2CC3CCC2(C)C3(C)C)cc1. The number of amides is 3. The highest BCUT2D eigenvalue weighted by Crippen LogP contribution is 2.65. The van der Waals surface area contributed by atoms with Gasteiger partial charge < -0.3 is 16.0 Å². The van der Waals surface area contributed by atoms with Crippen molar-refractivity contribution in [3.8, 4) is 0 Å². The Morgan fingerprint density at radius 1 is 1.15 bits per heavy atom. The van der Waals surface area contributed by atoms with E-state index in [0.29, 0.717) is 17.9 Å². The van der Waals surface area contributed by atoms with Gasteiger partial charge in [-0.15, -0.1) is 0 Å². The topological polar surface area (TPSA) is 70.2 Å². The van der Waals surface area contributed by atoms with E-state index in [-0.39, 0.29) is 29.3 Å². The number of hydrogen-bond donors (Lipinski definition) is 3. The standard InChI is InChI=1S/C22H33N3O2/c1-14(2)19(26)24-17-8-6-15(7-9-17)13-23-20(27)25-18-12-16-10-11-22(18,5)21(16,3)4/h6-9,14,16,18H,10-13H2,1-5H3,(H,24,26)(H2,23,25,27). The van der Waals surface area contributed by atoms with E-state index in [9.17, 15) is 9.59 Å². The van der Waals surface area contributed by atoms with Crippen molar-refractivity contribution in [2.75, 3.05) is 5.32 Å². The van der Waals surface area contributed by atoms with Gasteiger partial charge in [-0.05, 0) is 53.7 Å². The second-order valence-electron chi connectivity index (χ2n) is 9.33. The van der Waals surface area contributed by atoms with Crippen molar-refractivity contribution in [3.63, 3.8) is 0 Å². The molecule has 3 unspecified atom stereocenters. The molecule has 0 heterocycles. The van der Waals surface area contributed by atoms with Gasteiger partial charge in [0.05, 0.1) is 0 Å². The zero-order valence-corrected chi connectivity index (χ0v) is 17.2. The summed E-state index contributed by atoms with van der Waals surface area (Å²) < 4.78 is 0. The lowest BCUT2D eigenvalue weighted by Gasteiger charge is -2.39. The van der Waals surface area contributed by atoms with Crippen LogP contribution in [0.1, 0.15) is 59.4 Å². The number of nitrogens with one attached hydrogen (secondary N) is 3. The first-order chi connectivity index (χ1) is 12.6. The summed E-state index contributed by atoms with van der Waals surface area (Å²) in [5, 5.41) is 9.06. The highest BCUT2D eigenvalue weighted by atomic mass is 16.2. The lowest BCUT2D eigenvalue weighted by atomic mass is 9.69. The first kappa shape index (κ1) is 19.7. The van der Waals surface area contributed by atoms with Crippen LogP contribution in [0.3, 0.4) is 0 Å². The quantitative estimate of drug-likeness (QED) is 0.722. The van der Waals surface area contributed by atoms with Gasteiger partial charge >= 0.3 is 6.03 Å². The minimum Gasteiger partial charge on any atom is -0.335 e. The minimum atomic E-state index is -0.0956. The molecule has 0 spiro atoms. The summed E-state index contributed by atoms with van der Waals surface area (Å²) in [7, 11) is 0. The van der Waals surface area contributed by atoms with Gasteiger partial charge in [-0.1, -0.05) is 46.8 Å². The number of carbonyl (C=O) groups is 2. The van der Waals surface area contributed by atoms with E-state index in [4.69, 9.17) is 0 Å². The smallest absolute Gasteiger partial charge is 0.315 e. The maximum absolute atomic E-state index is 12.4. The number of urea groups is 1. The molecule has 0 aliphatic heterocycles. The molecule has 148 valence electrons. The molecule has 2 aliphatic carbocycles. The third-order valence-corrected chi connectivity index (χ3v) is 7.30. The van der Waals surface area contributed by atoms with Crippen molar-refractivity contribution in [1.82, 2.24) is 10.6 Å². The van der Waals surface area contributed by atoms with E-state index in [2.05, 4.69) is 36.7 Å². The normalized spacial score (nSPS) is 28.2. The number of hydrogen-bond acceptors (Lipinski definition) is 2. The number of carbonyl (C=O) groups excluding carboxylic acids is 2. The number of fused-ring (bicyclic) bond motifs is 2. The highest BCUT2D eigenvalue weighted by molar-refractivity contribution is 5.92. The van der Waals surface area contributed by atoms with Crippen molar-refractivity contribution in [3.05, 3.63) is 29.8 Å². The van der Waals surface area contributed by atoms with Crippen LogP contribution >= 0.6 is 0 Å². The summed E-state index contributed by atoms with van der Waals surface area (Å²) >= 11 is 0. The zero-order valence-electron chi connectivity index (χ0n) is 17.2. The molecule has 3 N–H and O–H groups in total. The third kappa shape index (κ3) is 3.69. The molecule has 3 rings (SSSR count). The predicted molar refractivity (Wildman–Crippen MR) is 108 cm³/mol. The van der Waals surface area contributed by atoms with E-state index < -0.39 is 0 Å². The largest absolute Gasteiger partial charge is 0.335 e. The molecule has 3 atom stereocenters. The maximum atomic E-state index is 12.4. The molecule has 1 aromatic rings. The van der Waals surface area contributed by atoms with Crippen LogP contribution in [0.5, 0.6) is 0 Å². The highest BCUT2D eigenvalue weighted by Gasteiger charge is 2.61. The van der Waals surface area contributed by atoms with Gasteiger partial charge in [-0.25, -0.2) is 4.79 Å². The van der Waals surface area contributed by atoms with Gasteiger partial charge in [0.25, 0.3) is 0 Å². The summed E-state index contributed by atoms with van der Waals surface area (Å²) in [5.41, 5.74) is 2.26. The predicted octanol–water partition coefficient (Wildman–Crippen LogP) is 4.30. The van der Waals surface area contributed by atoms with E-state index in [1.807, 2.05) is 38.1 Å². The Hall–Kier alpha value is -2.04. The second-order valence-corrected chi connectivity index (χ2v) is 9.33. The lowest BCUT2D eigenvalue weighted by molar-refractivity contribution is -0.118. The van der Waals surface area contributed by atoms with Gasteiger partial charge in [0.15, 0.2) is 0 Å². The van der Waals surface area contributed by atoms with Crippen molar-refractivity contribution in [1.29, 1.82) is 0 Å². The Labute approximate surface area is 162 Å². The third-order valence-electron chi connectivity index (χ3n) is 7.30. The van der Waals surface area contributed by atoms with Crippen molar-refractivity contribution in [2.24, 2.45) is 22.7 Å². The van der Waals surface area contributed by atoms with Gasteiger partial charge in [0.1, 0.15) is 0 Å². The summed E-state index contributed by atoms with van der Waals surface area (Å²) in [4.78, 5) is 24.1. The first-order valence-electron chi connectivity index (χ1n) is 10.1. The molecule has 3 amide bonds. The van der Waals surface area contributed by atoms with Gasteiger partial charge in [0.2, 0.25) is 5.91 Å². The number of benzene rings is 1. The average Bonchev–Trinajstić information content (AvgIpc) is 2.94. The van der Waals surface area contributed by atoms with Crippen LogP contribution in [-0.4, -0.2) is 18.0 Å². The Bertz CT molecular complexity index is 711. The fourth-order valence-corrected chi connectivity index (χ4v) is 4.81. The van der Waals surface area contributed by atoms with Crippen LogP contribution in [-0.2, 0) is 11.3 Å². The molecule has 5 nitrogen and oxygen atoms in total. The van der Waals surface area contributed by atoms with Crippen molar-refractivity contribution in [2.45, 2.75) is 66.5 Å². The van der Waals surface area contributed by atoms with Crippen LogP contribution in [0.4, 0.5) is 10.5 Å². The number of anilines is 1.